The van der Waals surface area contributed by atoms with Crippen molar-refractivity contribution in [3.63, 3.8) is 0 Å². The molecule has 4 aliphatic rings. The van der Waals surface area contributed by atoms with Gasteiger partial charge < -0.3 is 0 Å². The molecular formula is C27H45Br3. The highest BCUT2D eigenvalue weighted by Gasteiger charge is 2.66. The lowest BCUT2D eigenvalue weighted by atomic mass is 9.44. The summed E-state index contributed by atoms with van der Waals surface area (Å²) < 4.78 is 0.140. The SMILES string of the molecule is CC(C)CCC[C@H](C)[C@@H]1CC[C@H]2[C@H]3CC(Br)(Br)[C@@H]4CCCC(Br)[C@@]4(C)[C@H]3CC[C@@]21C. The van der Waals surface area contributed by atoms with Crippen LogP contribution >= 0.6 is 47.8 Å². The molecule has 174 valence electrons. The summed E-state index contributed by atoms with van der Waals surface area (Å²) >= 11 is 12.7. The van der Waals surface area contributed by atoms with Crippen molar-refractivity contribution < 1.29 is 0 Å². The summed E-state index contributed by atoms with van der Waals surface area (Å²) in [7, 11) is 0. The number of fused-ring (bicyclic) bond motifs is 5. The molecule has 0 aliphatic heterocycles. The third-order valence-corrected chi connectivity index (χ3v) is 14.0. The predicted molar refractivity (Wildman–Crippen MR) is 142 cm³/mol. The normalized spacial score (nSPS) is 48.7. The average Bonchev–Trinajstić information content (AvgIpc) is 3.00. The topological polar surface area (TPSA) is 0 Å². The van der Waals surface area contributed by atoms with Crippen LogP contribution in [0.2, 0.25) is 0 Å². The Kier molecular flexibility index (Phi) is 7.29. The van der Waals surface area contributed by atoms with Crippen LogP contribution in [0.4, 0.5) is 0 Å². The zero-order valence-corrected chi connectivity index (χ0v) is 24.8. The molecular weight excluding hydrogens is 564 g/mol. The van der Waals surface area contributed by atoms with Crippen LogP contribution in [-0.4, -0.2) is 8.06 Å². The molecule has 0 spiro atoms. The number of alkyl halides is 3. The maximum absolute atomic E-state index is 4.26. The number of hydrogen-bond donors (Lipinski definition) is 0. The summed E-state index contributed by atoms with van der Waals surface area (Å²) in [4.78, 5) is 0.683. The van der Waals surface area contributed by atoms with Crippen LogP contribution in [0.5, 0.6) is 0 Å². The molecule has 0 aromatic rings. The van der Waals surface area contributed by atoms with Gasteiger partial charge in [-0.25, -0.2) is 0 Å². The minimum atomic E-state index is 0.140. The highest BCUT2D eigenvalue weighted by atomic mass is 79.9. The van der Waals surface area contributed by atoms with E-state index in [-0.39, 0.29) is 3.23 Å². The van der Waals surface area contributed by atoms with Gasteiger partial charge in [-0.2, -0.15) is 0 Å². The van der Waals surface area contributed by atoms with E-state index in [0.717, 1.165) is 41.4 Å². The predicted octanol–water partition coefficient (Wildman–Crippen LogP) is 9.97. The Balaban J connectivity index is 1.56. The highest BCUT2D eigenvalue weighted by molar-refractivity contribution is 9.25. The van der Waals surface area contributed by atoms with Crippen molar-refractivity contribution in [1.82, 2.24) is 0 Å². The molecule has 0 aromatic carbocycles. The number of halogens is 3. The first-order valence-corrected chi connectivity index (χ1v) is 15.5. The van der Waals surface area contributed by atoms with E-state index in [2.05, 4.69) is 82.4 Å². The second kappa shape index (κ2) is 8.90. The zero-order chi connectivity index (χ0) is 21.9. The molecule has 3 heteroatoms. The van der Waals surface area contributed by atoms with Crippen molar-refractivity contribution in [1.29, 1.82) is 0 Å². The van der Waals surface area contributed by atoms with Gasteiger partial charge in [-0.05, 0) is 97.2 Å². The number of hydrogen-bond acceptors (Lipinski definition) is 0. The van der Waals surface area contributed by atoms with Gasteiger partial charge in [0.25, 0.3) is 0 Å². The van der Waals surface area contributed by atoms with Crippen LogP contribution in [0.1, 0.15) is 105 Å². The van der Waals surface area contributed by atoms with Crippen LogP contribution in [-0.2, 0) is 0 Å². The Morgan fingerprint density at radius 3 is 2.33 bits per heavy atom. The first-order valence-electron chi connectivity index (χ1n) is 13.0. The maximum atomic E-state index is 4.26. The van der Waals surface area contributed by atoms with Gasteiger partial charge in [0.2, 0.25) is 0 Å². The Morgan fingerprint density at radius 2 is 1.63 bits per heavy atom. The van der Waals surface area contributed by atoms with Gasteiger partial charge in [0.1, 0.15) is 0 Å². The summed E-state index contributed by atoms with van der Waals surface area (Å²) in [6.07, 6.45) is 15.7. The summed E-state index contributed by atoms with van der Waals surface area (Å²) in [6, 6.07) is 0. The summed E-state index contributed by atoms with van der Waals surface area (Å²) in [5.74, 6) is 6.18. The minimum absolute atomic E-state index is 0.140. The van der Waals surface area contributed by atoms with Crippen molar-refractivity contribution in [2.24, 2.45) is 52.3 Å². The molecule has 4 fully saturated rings. The van der Waals surface area contributed by atoms with E-state index < -0.39 is 0 Å². The van der Waals surface area contributed by atoms with Gasteiger partial charge in [-0.3, -0.25) is 0 Å². The lowest BCUT2D eigenvalue weighted by molar-refractivity contribution is -0.110. The Morgan fingerprint density at radius 1 is 0.900 bits per heavy atom. The molecule has 30 heavy (non-hydrogen) atoms. The number of rotatable bonds is 5. The second-order valence-corrected chi connectivity index (χ2v) is 17.7. The maximum Gasteiger partial charge on any atom is 0.0842 e. The smallest absolute Gasteiger partial charge is 0.0842 e. The van der Waals surface area contributed by atoms with E-state index in [4.69, 9.17) is 0 Å². The zero-order valence-electron chi connectivity index (χ0n) is 20.0. The third-order valence-electron chi connectivity index (χ3n) is 10.8. The van der Waals surface area contributed by atoms with Gasteiger partial charge >= 0.3 is 0 Å². The van der Waals surface area contributed by atoms with Crippen molar-refractivity contribution in [2.45, 2.75) is 113 Å². The molecule has 0 bridgehead atoms. The van der Waals surface area contributed by atoms with E-state index in [1.54, 1.807) is 0 Å². The molecule has 4 saturated carbocycles. The Labute approximate surface area is 212 Å². The first kappa shape index (κ1) is 24.6. The fourth-order valence-electron chi connectivity index (χ4n) is 9.32. The average molecular weight is 609 g/mol. The van der Waals surface area contributed by atoms with E-state index >= 15 is 0 Å². The van der Waals surface area contributed by atoms with Crippen molar-refractivity contribution >= 4 is 47.8 Å². The van der Waals surface area contributed by atoms with Gasteiger partial charge in [-0.1, -0.05) is 108 Å². The second-order valence-electron chi connectivity index (χ2n) is 12.7. The Hall–Kier alpha value is 1.44. The Bertz CT molecular complexity index is 615. The molecule has 4 rings (SSSR count). The van der Waals surface area contributed by atoms with E-state index in [0.29, 0.717) is 15.7 Å². The van der Waals surface area contributed by atoms with E-state index in [9.17, 15) is 0 Å². The summed E-state index contributed by atoms with van der Waals surface area (Å²) in [6.45, 7) is 12.7. The molecule has 0 N–H and O–H groups in total. The van der Waals surface area contributed by atoms with Crippen molar-refractivity contribution in [3.05, 3.63) is 0 Å². The quantitative estimate of drug-likeness (QED) is 0.272. The molecule has 0 heterocycles. The molecule has 0 amide bonds. The molecule has 0 saturated heterocycles. The largest absolute Gasteiger partial charge is 0.0885 e. The molecule has 0 aromatic heterocycles. The van der Waals surface area contributed by atoms with Crippen molar-refractivity contribution in [3.8, 4) is 0 Å². The molecule has 1 unspecified atom stereocenters. The minimum Gasteiger partial charge on any atom is -0.0885 e. The van der Waals surface area contributed by atoms with Crippen LogP contribution in [0.3, 0.4) is 0 Å². The molecule has 4 aliphatic carbocycles. The highest BCUT2D eigenvalue weighted by Crippen LogP contribution is 2.72. The van der Waals surface area contributed by atoms with Crippen LogP contribution < -0.4 is 0 Å². The van der Waals surface area contributed by atoms with Crippen LogP contribution in [0, 0.1) is 52.3 Å². The lowest BCUT2D eigenvalue weighted by Crippen LogP contribution is -2.61. The molecule has 0 radical (unpaired) electrons. The van der Waals surface area contributed by atoms with E-state index in [1.807, 2.05) is 0 Å². The summed E-state index contributed by atoms with van der Waals surface area (Å²) in [5.41, 5.74) is 1.00. The molecule has 0 nitrogen and oxygen atoms in total. The monoisotopic (exact) mass is 606 g/mol. The van der Waals surface area contributed by atoms with Crippen LogP contribution in [0.15, 0.2) is 0 Å². The molecule has 9 atom stereocenters. The lowest BCUT2D eigenvalue weighted by Gasteiger charge is -2.65. The summed E-state index contributed by atoms with van der Waals surface area (Å²) in [5, 5.41) is 0. The third kappa shape index (κ3) is 3.97. The van der Waals surface area contributed by atoms with E-state index in [1.165, 1.54) is 70.6 Å². The van der Waals surface area contributed by atoms with Gasteiger partial charge in [0.05, 0.1) is 3.23 Å². The van der Waals surface area contributed by atoms with Crippen molar-refractivity contribution in [2.75, 3.05) is 0 Å². The fourth-order valence-corrected chi connectivity index (χ4v) is 12.5. The first-order chi connectivity index (χ1) is 14.0. The van der Waals surface area contributed by atoms with Crippen LogP contribution in [0.25, 0.3) is 0 Å². The standard InChI is InChI=1S/C27H45Br3/c1-17(2)8-6-9-18(3)20-12-13-21-19-16-27(29,30)23-10-7-11-24(28)26(23,5)22(19)14-15-25(20,21)4/h17-24H,6-16H2,1-5H3/t18-,19+,20-,21-,22-,23+,24?,25+,26-/m0/s1. The van der Waals surface area contributed by atoms with Gasteiger partial charge in [-0.15, -0.1) is 0 Å². The van der Waals surface area contributed by atoms with Gasteiger partial charge in [0, 0.05) is 4.83 Å². The fraction of sp³-hybridized carbons (Fsp3) is 1.00. The van der Waals surface area contributed by atoms with Gasteiger partial charge in [0.15, 0.2) is 0 Å².